The first-order chi connectivity index (χ1) is 9.53. The molecule has 6 heteroatoms. The summed E-state index contributed by atoms with van der Waals surface area (Å²) < 4.78 is 43.0. The van der Waals surface area contributed by atoms with Gasteiger partial charge in [-0.25, -0.2) is 9.97 Å². The van der Waals surface area contributed by atoms with Crippen LogP contribution in [0.15, 0.2) is 30.5 Å². The van der Waals surface area contributed by atoms with Gasteiger partial charge >= 0.3 is 6.18 Å². The summed E-state index contributed by atoms with van der Waals surface area (Å²) in [6, 6.07) is 6.33. The molecule has 0 bridgehead atoms. The van der Waals surface area contributed by atoms with Crippen LogP contribution in [0.5, 0.6) is 0 Å². The molecule has 1 aromatic heterocycles. The van der Waals surface area contributed by atoms with E-state index in [0.29, 0.717) is 24.6 Å². The summed E-state index contributed by atoms with van der Waals surface area (Å²) in [6.07, 6.45) is -3.62. The highest BCUT2D eigenvalue weighted by atomic mass is 19.4. The number of hydrogen-bond acceptors (Lipinski definition) is 3. The van der Waals surface area contributed by atoms with Gasteiger partial charge in [-0.2, -0.15) is 13.2 Å². The van der Waals surface area contributed by atoms with Crippen LogP contribution in [0.4, 0.5) is 13.2 Å². The van der Waals surface area contributed by atoms with E-state index in [0.717, 1.165) is 11.3 Å². The molecule has 3 nitrogen and oxygen atoms in total. The fourth-order valence-electron chi connectivity index (χ4n) is 2.18. The molecule has 0 atom stereocenters. The molecule has 2 aromatic rings. The van der Waals surface area contributed by atoms with Crippen molar-refractivity contribution in [1.82, 2.24) is 9.97 Å². The Morgan fingerprint density at radius 3 is 2.75 bits per heavy atom. The summed E-state index contributed by atoms with van der Waals surface area (Å²) in [5.74, 6) is 0.314. The van der Waals surface area contributed by atoms with E-state index in [2.05, 4.69) is 9.97 Å². The number of halogens is 3. The van der Waals surface area contributed by atoms with Gasteiger partial charge < -0.3 is 4.74 Å². The van der Waals surface area contributed by atoms with Crippen molar-refractivity contribution in [2.24, 2.45) is 0 Å². The zero-order valence-electron chi connectivity index (χ0n) is 10.4. The van der Waals surface area contributed by atoms with E-state index < -0.39 is 12.6 Å². The zero-order valence-corrected chi connectivity index (χ0v) is 10.4. The minimum Gasteiger partial charge on any atom is -0.370 e. The number of ether oxygens (including phenoxy) is 1. The second kappa shape index (κ2) is 4.86. The van der Waals surface area contributed by atoms with Crippen molar-refractivity contribution in [3.63, 3.8) is 0 Å². The Bertz CT molecular complexity index is 641. The van der Waals surface area contributed by atoms with Crippen LogP contribution in [-0.2, 0) is 24.4 Å². The van der Waals surface area contributed by atoms with Crippen LogP contribution in [0, 0.1) is 0 Å². The van der Waals surface area contributed by atoms with Crippen LogP contribution < -0.4 is 0 Å². The highest BCUT2D eigenvalue weighted by molar-refractivity contribution is 5.60. The maximum atomic E-state index is 12.6. The highest BCUT2D eigenvalue weighted by Crippen LogP contribution is 2.29. The molecule has 20 heavy (non-hydrogen) atoms. The normalized spacial score (nSPS) is 14.3. The van der Waals surface area contributed by atoms with E-state index in [1.807, 2.05) is 0 Å². The molecule has 1 aliphatic rings. The molecule has 3 rings (SSSR count). The fraction of sp³-hybridized carbons (Fsp3) is 0.286. The Balaban J connectivity index is 2.02. The molecule has 1 aliphatic heterocycles. The van der Waals surface area contributed by atoms with Crippen molar-refractivity contribution < 1.29 is 17.9 Å². The van der Waals surface area contributed by atoms with Gasteiger partial charge in [0.15, 0.2) is 5.82 Å². The van der Waals surface area contributed by atoms with Gasteiger partial charge in [-0.1, -0.05) is 24.3 Å². The molecule has 0 amide bonds. The molecule has 1 aromatic carbocycles. The minimum absolute atomic E-state index is 0.180. The Kier molecular flexibility index (Phi) is 3.17. The molecule has 0 saturated carbocycles. The Labute approximate surface area is 113 Å². The Hall–Kier alpha value is -1.95. The molecule has 2 heterocycles. The van der Waals surface area contributed by atoms with Gasteiger partial charge in [0.25, 0.3) is 0 Å². The van der Waals surface area contributed by atoms with Crippen LogP contribution in [-0.4, -0.2) is 16.1 Å². The summed E-state index contributed by atoms with van der Waals surface area (Å²) in [6.45, 7) is 0.839. The Morgan fingerprint density at radius 1 is 1.15 bits per heavy atom. The van der Waals surface area contributed by atoms with Crippen molar-refractivity contribution in [2.75, 3.05) is 0 Å². The van der Waals surface area contributed by atoms with Crippen molar-refractivity contribution in [3.8, 4) is 11.4 Å². The Morgan fingerprint density at radius 2 is 1.95 bits per heavy atom. The smallest absolute Gasteiger partial charge is 0.370 e. The van der Waals surface area contributed by atoms with Crippen LogP contribution >= 0.6 is 0 Å². The third-order valence-electron chi connectivity index (χ3n) is 3.10. The van der Waals surface area contributed by atoms with Crippen molar-refractivity contribution in [2.45, 2.75) is 25.8 Å². The lowest BCUT2D eigenvalue weighted by Crippen LogP contribution is -2.12. The van der Waals surface area contributed by atoms with Crippen LogP contribution in [0.3, 0.4) is 0 Å². The summed E-state index contributed by atoms with van der Waals surface area (Å²) in [7, 11) is 0. The molecule has 0 fully saturated rings. The van der Waals surface area contributed by atoms with E-state index in [9.17, 15) is 13.2 Å². The molecule has 0 N–H and O–H groups in total. The number of nitrogens with zero attached hydrogens (tertiary/aromatic N) is 2. The van der Waals surface area contributed by atoms with E-state index in [-0.39, 0.29) is 5.56 Å². The first-order valence-corrected chi connectivity index (χ1v) is 6.10. The number of alkyl halides is 3. The molecule has 0 saturated heterocycles. The van der Waals surface area contributed by atoms with E-state index in [1.54, 1.807) is 24.4 Å². The topological polar surface area (TPSA) is 35.0 Å². The van der Waals surface area contributed by atoms with Gasteiger partial charge in [-0.3, -0.25) is 0 Å². The first-order valence-electron chi connectivity index (χ1n) is 6.10. The standard InChI is InChI=1S/C14H11F3N2O/c15-14(16,17)5-9-3-1-2-4-11(9)13-18-6-10-7-20-8-12(10)19-13/h1-4,6H,5,7-8H2. The summed E-state index contributed by atoms with van der Waals surface area (Å²) >= 11 is 0. The molecule has 0 radical (unpaired) electrons. The number of hydrogen-bond donors (Lipinski definition) is 0. The van der Waals surface area contributed by atoms with Crippen LogP contribution in [0.25, 0.3) is 11.4 Å². The minimum atomic E-state index is -4.25. The zero-order chi connectivity index (χ0) is 14.2. The van der Waals surface area contributed by atoms with Crippen LogP contribution in [0.2, 0.25) is 0 Å². The van der Waals surface area contributed by atoms with Gasteiger partial charge in [-0.05, 0) is 5.56 Å². The molecule has 104 valence electrons. The lowest BCUT2D eigenvalue weighted by Gasteiger charge is -2.11. The fourth-order valence-corrected chi connectivity index (χ4v) is 2.18. The van der Waals surface area contributed by atoms with Gasteiger partial charge in [-0.15, -0.1) is 0 Å². The third kappa shape index (κ3) is 2.65. The van der Waals surface area contributed by atoms with Gasteiger partial charge in [0.1, 0.15) is 0 Å². The monoisotopic (exact) mass is 280 g/mol. The number of rotatable bonds is 2. The molecule has 0 aliphatic carbocycles. The average Bonchev–Trinajstić information content (AvgIpc) is 2.84. The van der Waals surface area contributed by atoms with Crippen LogP contribution in [0.1, 0.15) is 16.8 Å². The third-order valence-corrected chi connectivity index (χ3v) is 3.10. The average molecular weight is 280 g/mol. The van der Waals surface area contributed by atoms with Gasteiger partial charge in [0.05, 0.1) is 25.3 Å². The maximum absolute atomic E-state index is 12.6. The predicted molar refractivity (Wildman–Crippen MR) is 65.7 cm³/mol. The molecule has 0 spiro atoms. The summed E-state index contributed by atoms with van der Waals surface area (Å²) in [5, 5.41) is 0. The maximum Gasteiger partial charge on any atom is 0.393 e. The van der Waals surface area contributed by atoms with Crippen molar-refractivity contribution in [1.29, 1.82) is 0 Å². The number of fused-ring (bicyclic) bond motifs is 1. The molecule has 0 unspecified atom stereocenters. The number of benzene rings is 1. The number of aromatic nitrogens is 2. The molecular weight excluding hydrogens is 269 g/mol. The largest absolute Gasteiger partial charge is 0.393 e. The van der Waals surface area contributed by atoms with Gasteiger partial charge in [0, 0.05) is 17.3 Å². The summed E-state index contributed by atoms with van der Waals surface area (Å²) in [4.78, 5) is 8.46. The molecular formula is C14H11F3N2O. The summed E-state index contributed by atoms with van der Waals surface area (Å²) in [5.41, 5.74) is 2.23. The highest BCUT2D eigenvalue weighted by Gasteiger charge is 2.29. The predicted octanol–water partition coefficient (Wildman–Crippen LogP) is 3.28. The van der Waals surface area contributed by atoms with Crippen molar-refractivity contribution >= 4 is 0 Å². The second-order valence-electron chi connectivity index (χ2n) is 4.61. The van der Waals surface area contributed by atoms with E-state index in [1.165, 1.54) is 6.07 Å². The second-order valence-corrected chi connectivity index (χ2v) is 4.61. The lowest BCUT2D eigenvalue weighted by atomic mass is 10.0. The van der Waals surface area contributed by atoms with Crippen molar-refractivity contribution in [3.05, 3.63) is 47.3 Å². The SMILES string of the molecule is FC(F)(F)Cc1ccccc1-c1ncc2c(n1)COC2. The van der Waals surface area contributed by atoms with E-state index in [4.69, 9.17) is 4.74 Å². The lowest BCUT2D eigenvalue weighted by molar-refractivity contribution is -0.127. The first kappa shape index (κ1) is 13.1. The van der Waals surface area contributed by atoms with Gasteiger partial charge in [0.2, 0.25) is 0 Å². The quantitative estimate of drug-likeness (QED) is 0.846. The van der Waals surface area contributed by atoms with E-state index >= 15 is 0 Å².